The molecule has 6 amide bonds. The summed E-state index contributed by atoms with van der Waals surface area (Å²) >= 11 is 3.71. The molecule has 5 atom stereocenters. The number of amides is 6. The lowest BCUT2D eigenvalue weighted by Crippen LogP contribution is -2.59. The second-order valence-electron chi connectivity index (χ2n) is 11.3. The molecule has 1 unspecified atom stereocenters. The van der Waals surface area contributed by atoms with E-state index < -0.39 is 115 Å². The van der Waals surface area contributed by atoms with Gasteiger partial charge in [-0.1, -0.05) is 0 Å². The normalized spacial score (nSPS) is 13.2. The number of nitrogens with zero attached hydrogens (tertiary/aromatic N) is 1. The number of aromatic carboxylic acids is 1. The molecule has 23 nitrogen and oxygen atoms in total. The maximum atomic E-state index is 13.4. The molecule has 0 aromatic heterocycles. The highest BCUT2D eigenvalue weighted by Gasteiger charge is 2.34. The Bertz CT molecular complexity index is 1620. The number of benzene rings is 1. The van der Waals surface area contributed by atoms with Gasteiger partial charge >= 0.3 is 23.9 Å². The zero-order valence-corrected chi connectivity index (χ0v) is 29.5. The average molecular weight is 784 g/mol. The number of carboxylic acid groups (broad SMARTS) is 4. The van der Waals surface area contributed by atoms with Gasteiger partial charge in [-0.25, -0.2) is 4.79 Å². The second-order valence-corrected chi connectivity index (χ2v) is 11.6. The number of nitrogens with two attached hydrogens (primary N) is 2. The summed E-state index contributed by atoms with van der Waals surface area (Å²) in [6.45, 7) is 1.25. The summed E-state index contributed by atoms with van der Waals surface area (Å²) in [4.78, 5) is 126. The van der Waals surface area contributed by atoms with Crippen molar-refractivity contribution in [2.24, 2.45) is 16.5 Å². The van der Waals surface area contributed by atoms with E-state index in [2.05, 4.69) is 33.6 Å². The minimum atomic E-state index is -2.03. The van der Waals surface area contributed by atoms with Gasteiger partial charge in [0.05, 0.1) is 30.6 Å². The third kappa shape index (κ3) is 17.2. The molecule has 0 fully saturated rings. The van der Waals surface area contributed by atoms with Gasteiger partial charge < -0.3 is 63.8 Å². The molecule has 0 aliphatic heterocycles. The van der Waals surface area contributed by atoms with E-state index in [-0.39, 0.29) is 36.6 Å². The van der Waals surface area contributed by atoms with Gasteiger partial charge in [-0.15, -0.1) is 0 Å². The molecule has 296 valence electrons. The summed E-state index contributed by atoms with van der Waals surface area (Å²) < 4.78 is 0. The van der Waals surface area contributed by atoms with Gasteiger partial charge in [0.1, 0.15) is 30.2 Å². The number of anilines is 1. The lowest BCUT2D eigenvalue weighted by molar-refractivity contribution is -0.144. The molecule has 1 aromatic rings. The molecule has 0 bridgehead atoms. The molecule has 0 radical (unpaired) electrons. The maximum absolute atomic E-state index is 13.4. The number of aliphatic imine (C=N–C) groups is 1. The Balaban J connectivity index is 3.24. The molecule has 14 N–H and O–H groups in total. The Labute approximate surface area is 311 Å². The SMILES string of the molecule is C[C@@H](NC(=O)[C@@H](CCCN=C(N)N)NC(=O)C(CC(=O)O)NC(=O)[C@H](CC(=O)O)NC(=O)[C@H](CC(=O)O)NC(=O)CS)C(=O)Nc1ccc(C(=O)O)cc1. The van der Waals surface area contributed by atoms with Gasteiger partial charge in [0.2, 0.25) is 35.4 Å². The van der Waals surface area contributed by atoms with Gasteiger partial charge in [0, 0.05) is 12.2 Å². The lowest BCUT2D eigenvalue weighted by atomic mass is 10.1. The van der Waals surface area contributed by atoms with Crippen molar-refractivity contribution in [3.63, 3.8) is 0 Å². The predicted octanol–water partition coefficient (Wildman–Crippen LogP) is -3.83. The van der Waals surface area contributed by atoms with Crippen LogP contribution in [0.4, 0.5) is 5.69 Å². The fraction of sp³-hybridized carbons (Fsp3) is 0.433. The van der Waals surface area contributed by atoms with Crippen LogP contribution in [-0.2, 0) is 43.2 Å². The maximum Gasteiger partial charge on any atom is 0.335 e. The van der Waals surface area contributed by atoms with Gasteiger partial charge in [-0.3, -0.25) is 48.1 Å². The minimum absolute atomic E-state index is 0.0342. The molecule has 1 rings (SSSR count). The molecule has 54 heavy (non-hydrogen) atoms. The van der Waals surface area contributed by atoms with Crippen molar-refractivity contribution in [2.45, 2.75) is 69.2 Å². The smallest absolute Gasteiger partial charge is 0.335 e. The van der Waals surface area contributed by atoms with Crippen LogP contribution in [0.2, 0.25) is 0 Å². The molecule has 1 aromatic carbocycles. The van der Waals surface area contributed by atoms with E-state index in [4.69, 9.17) is 21.7 Å². The predicted molar refractivity (Wildman–Crippen MR) is 188 cm³/mol. The van der Waals surface area contributed by atoms with Crippen LogP contribution >= 0.6 is 12.6 Å². The Morgan fingerprint density at radius 3 is 1.48 bits per heavy atom. The molecular formula is C30H41N9O14S. The standard InChI is InChI=1S/C30H41N9O14S/c1-13(24(47)35-15-6-4-14(5-7-15)29(52)53)34-25(48)16(3-2-8-33-30(31)32)37-27(50)18(10-22(43)44)39-28(51)19(11-23(45)46)38-26(49)17(9-21(41)42)36-20(40)12-54/h4-7,13,16-19,54H,2-3,8-12H2,1H3,(H,34,48)(H,35,47)(H,36,40)(H,37,50)(H,38,49)(H,39,51)(H,41,42)(H,43,44)(H,45,46)(H,52,53)(H4,31,32,33)/t13-,16-,17+,18?,19+/m1/s1. The first-order valence-electron chi connectivity index (χ1n) is 15.7. The first-order valence-corrected chi connectivity index (χ1v) is 16.3. The summed E-state index contributed by atoms with van der Waals surface area (Å²) in [5.74, 6) is -13.4. The fourth-order valence-electron chi connectivity index (χ4n) is 4.31. The van der Waals surface area contributed by atoms with Gasteiger partial charge in [-0.2, -0.15) is 12.6 Å². The molecule has 0 saturated heterocycles. The van der Waals surface area contributed by atoms with E-state index >= 15 is 0 Å². The number of rotatable bonds is 23. The van der Waals surface area contributed by atoms with E-state index in [9.17, 15) is 58.2 Å². The molecule has 0 aliphatic carbocycles. The highest BCUT2D eigenvalue weighted by atomic mass is 32.1. The van der Waals surface area contributed by atoms with Crippen LogP contribution in [-0.4, -0.2) is 128 Å². The lowest BCUT2D eigenvalue weighted by Gasteiger charge is -2.26. The molecule has 0 spiro atoms. The molecule has 0 heterocycles. The van der Waals surface area contributed by atoms with E-state index in [0.717, 1.165) is 0 Å². The van der Waals surface area contributed by atoms with Crippen molar-refractivity contribution in [3.05, 3.63) is 29.8 Å². The van der Waals surface area contributed by atoms with Crippen LogP contribution in [0.5, 0.6) is 0 Å². The average Bonchev–Trinajstić information content (AvgIpc) is 3.07. The highest BCUT2D eigenvalue weighted by Crippen LogP contribution is 2.11. The van der Waals surface area contributed by atoms with Crippen molar-refractivity contribution in [3.8, 4) is 0 Å². The first-order chi connectivity index (χ1) is 25.2. The highest BCUT2D eigenvalue weighted by molar-refractivity contribution is 7.81. The Hall–Kier alpha value is -6.46. The van der Waals surface area contributed by atoms with E-state index in [1.807, 2.05) is 16.0 Å². The number of thiol groups is 1. The van der Waals surface area contributed by atoms with E-state index in [1.165, 1.54) is 31.2 Å². The topological polar surface area (TPSA) is 388 Å². The van der Waals surface area contributed by atoms with Crippen LogP contribution in [0.25, 0.3) is 0 Å². The number of hydrogen-bond donors (Lipinski definition) is 13. The Kier molecular flexibility index (Phi) is 19.0. The summed E-state index contributed by atoms with van der Waals surface area (Å²) in [5.41, 5.74) is 10.8. The monoisotopic (exact) mass is 783 g/mol. The summed E-state index contributed by atoms with van der Waals surface area (Å²) in [7, 11) is 0. The van der Waals surface area contributed by atoms with Crippen LogP contribution < -0.4 is 43.4 Å². The number of carbonyl (C=O) groups is 10. The Morgan fingerprint density at radius 1 is 0.648 bits per heavy atom. The number of nitrogens with one attached hydrogen (secondary N) is 6. The van der Waals surface area contributed by atoms with Crippen LogP contribution in [0, 0.1) is 0 Å². The summed E-state index contributed by atoms with van der Waals surface area (Å²) in [6.07, 6.45) is -3.39. The van der Waals surface area contributed by atoms with E-state index in [1.54, 1.807) is 0 Å². The van der Waals surface area contributed by atoms with E-state index in [0.29, 0.717) is 0 Å². The zero-order valence-electron chi connectivity index (χ0n) is 28.6. The van der Waals surface area contributed by atoms with Crippen LogP contribution in [0.15, 0.2) is 29.3 Å². The molecule has 24 heteroatoms. The van der Waals surface area contributed by atoms with Gasteiger partial charge in [0.15, 0.2) is 5.96 Å². The molecular weight excluding hydrogens is 742 g/mol. The van der Waals surface area contributed by atoms with Crippen LogP contribution in [0.1, 0.15) is 49.4 Å². The summed E-state index contributed by atoms with van der Waals surface area (Å²) in [6, 6.07) is -3.50. The van der Waals surface area contributed by atoms with Crippen LogP contribution in [0.3, 0.4) is 0 Å². The molecule has 0 saturated carbocycles. The summed E-state index contributed by atoms with van der Waals surface area (Å²) in [5, 5.41) is 50.1. The van der Waals surface area contributed by atoms with Gasteiger partial charge in [-0.05, 0) is 44.0 Å². The van der Waals surface area contributed by atoms with Crippen molar-refractivity contribution in [2.75, 3.05) is 17.6 Å². The largest absolute Gasteiger partial charge is 0.481 e. The first kappa shape index (κ1) is 45.6. The third-order valence-corrected chi connectivity index (χ3v) is 7.21. The number of carboxylic acids is 4. The zero-order chi connectivity index (χ0) is 41.1. The van der Waals surface area contributed by atoms with Gasteiger partial charge in [0.25, 0.3) is 0 Å². The molecule has 0 aliphatic rings. The second kappa shape index (κ2) is 22.5. The van der Waals surface area contributed by atoms with Crippen molar-refractivity contribution >= 4 is 83.6 Å². The number of guanidine groups is 1. The fourth-order valence-corrected chi connectivity index (χ4v) is 4.40. The van der Waals surface area contributed by atoms with Crippen molar-refractivity contribution in [1.29, 1.82) is 0 Å². The number of hydrogen-bond acceptors (Lipinski definition) is 12. The number of aliphatic carboxylic acids is 3. The third-order valence-electron chi connectivity index (χ3n) is 6.93. The quantitative estimate of drug-likeness (QED) is 0.0219. The number of carbonyl (C=O) groups excluding carboxylic acids is 6. The minimum Gasteiger partial charge on any atom is -0.481 e. The Morgan fingerprint density at radius 2 is 1.07 bits per heavy atom. The van der Waals surface area contributed by atoms with Crippen molar-refractivity contribution < 1.29 is 68.4 Å². The van der Waals surface area contributed by atoms with Crippen molar-refractivity contribution in [1.82, 2.24) is 26.6 Å².